The fraction of sp³-hybridized carbons (Fsp3) is 0.917. The van der Waals surface area contributed by atoms with Crippen LogP contribution < -0.4 is 5.73 Å². The summed E-state index contributed by atoms with van der Waals surface area (Å²) < 4.78 is 10.1. The highest BCUT2D eigenvalue weighted by molar-refractivity contribution is 5.79. The Hall–Kier alpha value is -0.610. The largest absolute Gasteiger partial charge is 0.468 e. The molecule has 1 saturated carbocycles. The zero-order chi connectivity index (χ0) is 11.6. The summed E-state index contributed by atoms with van der Waals surface area (Å²) in [6.07, 6.45) is 6.04. The highest BCUT2D eigenvalue weighted by atomic mass is 16.5. The maximum absolute atomic E-state index is 11.8. The molecule has 2 fully saturated rings. The molecule has 92 valence electrons. The number of nitrogens with two attached hydrogens (primary N) is 1. The van der Waals surface area contributed by atoms with Gasteiger partial charge < -0.3 is 15.2 Å². The summed E-state index contributed by atoms with van der Waals surface area (Å²) in [5.41, 5.74) is 5.73. The number of methoxy groups -OCH3 is 1. The second kappa shape index (κ2) is 4.72. The van der Waals surface area contributed by atoms with Crippen LogP contribution in [0.1, 0.15) is 32.1 Å². The molecule has 1 heterocycles. The van der Waals surface area contributed by atoms with Gasteiger partial charge in [-0.25, -0.2) is 0 Å². The molecule has 4 heteroatoms. The minimum absolute atomic E-state index is 0.103. The van der Waals surface area contributed by atoms with Crippen LogP contribution in [0.3, 0.4) is 0 Å². The predicted molar refractivity (Wildman–Crippen MR) is 59.8 cm³/mol. The maximum Gasteiger partial charge on any atom is 0.318 e. The molecule has 2 rings (SSSR count). The Morgan fingerprint density at radius 2 is 2.00 bits per heavy atom. The van der Waals surface area contributed by atoms with Crippen molar-refractivity contribution in [2.75, 3.05) is 20.3 Å². The topological polar surface area (TPSA) is 61.5 Å². The number of esters is 1. The average Bonchev–Trinajstić information content (AvgIpc) is 2.28. The minimum atomic E-state index is -0.559. The van der Waals surface area contributed by atoms with Crippen molar-refractivity contribution < 1.29 is 14.3 Å². The van der Waals surface area contributed by atoms with Crippen molar-refractivity contribution in [3.05, 3.63) is 0 Å². The predicted octanol–water partition coefficient (Wildman–Crippen LogP) is 1.08. The zero-order valence-corrected chi connectivity index (χ0v) is 9.91. The molecule has 0 spiro atoms. The molecule has 2 aliphatic rings. The molecular formula is C12H21NO3. The number of carbonyl (C=O) groups excluding carboxylic acids is 1. The molecule has 1 aliphatic carbocycles. The molecule has 0 amide bonds. The van der Waals surface area contributed by atoms with E-state index < -0.39 is 5.41 Å². The molecule has 2 N–H and O–H groups in total. The van der Waals surface area contributed by atoms with Gasteiger partial charge in [-0.3, -0.25) is 4.79 Å². The van der Waals surface area contributed by atoms with E-state index in [9.17, 15) is 4.79 Å². The van der Waals surface area contributed by atoms with Crippen molar-refractivity contribution in [2.24, 2.45) is 17.1 Å². The molecule has 1 saturated heterocycles. The van der Waals surface area contributed by atoms with Crippen molar-refractivity contribution in [1.29, 1.82) is 0 Å². The monoisotopic (exact) mass is 227 g/mol. The summed E-state index contributed by atoms with van der Waals surface area (Å²) in [4.78, 5) is 11.8. The molecular weight excluding hydrogens is 206 g/mol. The first-order valence-corrected chi connectivity index (χ1v) is 6.12. The molecule has 0 aromatic rings. The summed E-state index contributed by atoms with van der Waals surface area (Å²) in [6.45, 7) is 0.856. The third-order valence-corrected chi connectivity index (χ3v) is 4.11. The standard InChI is InChI=1S/C12H21NO3/c1-15-11(14)12(7-16-8-12)10(13)9-5-3-2-4-6-9/h9-10H,2-8,13H2,1H3. The van der Waals surface area contributed by atoms with E-state index in [0.29, 0.717) is 19.1 Å². The Kier molecular flexibility index (Phi) is 3.50. The Balaban J connectivity index is 2.05. The Labute approximate surface area is 96.5 Å². The lowest BCUT2D eigenvalue weighted by molar-refractivity contribution is -0.191. The smallest absolute Gasteiger partial charge is 0.318 e. The molecule has 1 atom stereocenters. The van der Waals surface area contributed by atoms with Gasteiger partial charge in [-0.2, -0.15) is 0 Å². The van der Waals surface area contributed by atoms with Crippen LogP contribution in [0, 0.1) is 11.3 Å². The second-order valence-electron chi connectivity index (χ2n) is 5.06. The van der Waals surface area contributed by atoms with Crippen LogP contribution in [0.15, 0.2) is 0 Å². The van der Waals surface area contributed by atoms with E-state index in [1.165, 1.54) is 26.4 Å². The third-order valence-electron chi connectivity index (χ3n) is 4.11. The van der Waals surface area contributed by atoms with Crippen LogP contribution in [0.5, 0.6) is 0 Å². The molecule has 0 aromatic carbocycles. The molecule has 1 unspecified atom stereocenters. The molecule has 16 heavy (non-hydrogen) atoms. The lowest BCUT2D eigenvalue weighted by atomic mass is 9.69. The molecule has 0 radical (unpaired) electrons. The van der Waals surface area contributed by atoms with Crippen LogP contribution in [0.25, 0.3) is 0 Å². The average molecular weight is 227 g/mol. The number of rotatable bonds is 3. The van der Waals surface area contributed by atoms with Gasteiger partial charge in [0.2, 0.25) is 0 Å². The van der Waals surface area contributed by atoms with Gasteiger partial charge in [-0.15, -0.1) is 0 Å². The van der Waals surface area contributed by atoms with E-state index in [0.717, 1.165) is 12.8 Å². The highest BCUT2D eigenvalue weighted by Crippen LogP contribution is 2.39. The fourth-order valence-electron chi connectivity index (χ4n) is 2.92. The lowest BCUT2D eigenvalue weighted by Crippen LogP contribution is -2.63. The van der Waals surface area contributed by atoms with Crippen molar-refractivity contribution >= 4 is 5.97 Å². The first kappa shape index (κ1) is 11.9. The number of carbonyl (C=O) groups is 1. The second-order valence-corrected chi connectivity index (χ2v) is 5.06. The molecule has 4 nitrogen and oxygen atoms in total. The fourth-order valence-corrected chi connectivity index (χ4v) is 2.92. The summed E-state index contributed by atoms with van der Waals surface area (Å²) in [5.74, 6) is 0.258. The molecule has 0 bridgehead atoms. The van der Waals surface area contributed by atoms with E-state index >= 15 is 0 Å². The number of ether oxygens (including phenoxy) is 2. The summed E-state index contributed by atoms with van der Waals surface area (Å²) in [6, 6.07) is -0.103. The van der Waals surface area contributed by atoms with E-state index in [1.54, 1.807) is 0 Å². The quantitative estimate of drug-likeness (QED) is 0.733. The zero-order valence-electron chi connectivity index (χ0n) is 9.91. The van der Waals surface area contributed by atoms with Crippen LogP contribution in [-0.4, -0.2) is 32.3 Å². The van der Waals surface area contributed by atoms with Gasteiger partial charge in [0, 0.05) is 6.04 Å². The Morgan fingerprint density at radius 3 is 2.44 bits per heavy atom. The summed E-state index contributed by atoms with van der Waals surface area (Å²) >= 11 is 0. The van der Waals surface area contributed by atoms with Crippen LogP contribution >= 0.6 is 0 Å². The van der Waals surface area contributed by atoms with Gasteiger partial charge in [0.05, 0.1) is 20.3 Å². The van der Waals surface area contributed by atoms with E-state index in [-0.39, 0.29) is 12.0 Å². The van der Waals surface area contributed by atoms with Crippen LogP contribution in [0.4, 0.5) is 0 Å². The van der Waals surface area contributed by atoms with Crippen LogP contribution in [0.2, 0.25) is 0 Å². The number of hydrogen-bond donors (Lipinski definition) is 1. The van der Waals surface area contributed by atoms with Crippen molar-refractivity contribution in [3.8, 4) is 0 Å². The van der Waals surface area contributed by atoms with Crippen molar-refractivity contribution in [3.63, 3.8) is 0 Å². The molecule has 1 aliphatic heterocycles. The SMILES string of the molecule is COC(=O)C1(C(N)C2CCCCC2)COC1. The maximum atomic E-state index is 11.8. The molecule has 0 aromatic heterocycles. The van der Waals surface area contributed by atoms with Crippen molar-refractivity contribution in [2.45, 2.75) is 38.1 Å². The first-order chi connectivity index (χ1) is 7.70. The van der Waals surface area contributed by atoms with Gasteiger partial charge in [0.15, 0.2) is 0 Å². The Bertz CT molecular complexity index is 257. The summed E-state index contributed by atoms with van der Waals surface area (Å²) in [7, 11) is 1.43. The Morgan fingerprint density at radius 1 is 1.38 bits per heavy atom. The van der Waals surface area contributed by atoms with E-state index in [2.05, 4.69) is 0 Å². The lowest BCUT2D eigenvalue weighted by Gasteiger charge is -2.46. The number of hydrogen-bond acceptors (Lipinski definition) is 4. The normalized spacial score (nSPS) is 26.9. The van der Waals surface area contributed by atoms with Gasteiger partial charge in [0.25, 0.3) is 0 Å². The first-order valence-electron chi connectivity index (χ1n) is 6.12. The minimum Gasteiger partial charge on any atom is -0.468 e. The van der Waals surface area contributed by atoms with Gasteiger partial charge >= 0.3 is 5.97 Å². The summed E-state index contributed by atoms with van der Waals surface area (Å²) in [5, 5.41) is 0. The van der Waals surface area contributed by atoms with Gasteiger partial charge in [-0.05, 0) is 18.8 Å². The van der Waals surface area contributed by atoms with E-state index in [1.807, 2.05) is 0 Å². The van der Waals surface area contributed by atoms with Gasteiger partial charge in [0.1, 0.15) is 5.41 Å². The highest BCUT2D eigenvalue weighted by Gasteiger charge is 2.53. The van der Waals surface area contributed by atoms with Crippen LogP contribution in [-0.2, 0) is 14.3 Å². The van der Waals surface area contributed by atoms with Crippen molar-refractivity contribution in [1.82, 2.24) is 0 Å². The van der Waals surface area contributed by atoms with E-state index in [4.69, 9.17) is 15.2 Å². The van der Waals surface area contributed by atoms with Gasteiger partial charge in [-0.1, -0.05) is 19.3 Å². The third kappa shape index (κ3) is 1.84.